The highest BCUT2D eigenvalue weighted by atomic mass is 127. The largest absolute Gasteiger partial charge is 0.488 e. The molecule has 0 atom stereocenters. The molecule has 0 radical (unpaired) electrons. The number of aryl methyl sites for hydroxylation is 1. The Labute approximate surface area is 267 Å². The van der Waals surface area contributed by atoms with E-state index >= 15 is 0 Å². The highest BCUT2D eigenvalue weighted by molar-refractivity contribution is 14.1. The standard InChI is InChI=1S/C35H27IN4O2S/c1-23-9-16-29(17-10-23)38-35-39-32(22-43-35)26-12-14-27(15-13-26)34(41)40-37-20-24-11-18-33(31(36)19-24)42-21-28-7-4-6-25-5-2-3-8-30(25)28/h2-20,22H,21H2,1H3,(H,38,39)(H,40,41)/b37-20-. The van der Waals surface area contributed by atoms with E-state index in [1.165, 1.54) is 27.7 Å². The Hall–Kier alpha value is -4.54. The van der Waals surface area contributed by atoms with Gasteiger partial charge in [-0.15, -0.1) is 11.3 Å². The van der Waals surface area contributed by atoms with Gasteiger partial charge in [-0.05, 0) is 93.9 Å². The van der Waals surface area contributed by atoms with Crippen LogP contribution < -0.4 is 15.5 Å². The van der Waals surface area contributed by atoms with Crippen LogP contribution in [0.3, 0.4) is 0 Å². The molecule has 2 N–H and O–H groups in total. The van der Waals surface area contributed by atoms with Crippen LogP contribution in [0.15, 0.2) is 120 Å². The molecule has 212 valence electrons. The molecule has 0 fully saturated rings. The van der Waals surface area contributed by atoms with Gasteiger partial charge in [-0.25, -0.2) is 10.4 Å². The van der Waals surface area contributed by atoms with Crippen molar-refractivity contribution in [3.8, 4) is 17.0 Å². The molecular weight excluding hydrogens is 667 g/mol. The fourth-order valence-corrected chi connectivity index (χ4v) is 5.97. The number of fused-ring (bicyclic) bond motifs is 1. The van der Waals surface area contributed by atoms with Gasteiger partial charge in [0, 0.05) is 22.2 Å². The number of nitrogens with zero attached hydrogens (tertiary/aromatic N) is 2. The molecule has 5 aromatic carbocycles. The van der Waals surface area contributed by atoms with Gasteiger partial charge in [0.2, 0.25) is 0 Å². The number of ether oxygens (including phenoxy) is 1. The highest BCUT2D eigenvalue weighted by Crippen LogP contribution is 2.28. The van der Waals surface area contributed by atoms with Gasteiger partial charge in [0.05, 0.1) is 15.5 Å². The van der Waals surface area contributed by atoms with Gasteiger partial charge in [-0.3, -0.25) is 4.79 Å². The summed E-state index contributed by atoms with van der Waals surface area (Å²) in [6.07, 6.45) is 1.63. The lowest BCUT2D eigenvalue weighted by Crippen LogP contribution is -2.17. The fourth-order valence-electron chi connectivity index (χ4n) is 4.53. The van der Waals surface area contributed by atoms with Gasteiger partial charge in [0.1, 0.15) is 12.4 Å². The van der Waals surface area contributed by atoms with Gasteiger partial charge in [-0.1, -0.05) is 72.3 Å². The Morgan fingerprint density at radius 1 is 0.953 bits per heavy atom. The third-order valence-corrected chi connectivity index (χ3v) is 8.45. The summed E-state index contributed by atoms with van der Waals surface area (Å²) in [5.74, 6) is 0.514. The van der Waals surface area contributed by atoms with Crippen molar-refractivity contribution in [3.63, 3.8) is 0 Å². The fraction of sp³-hybridized carbons (Fsp3) is 0.0571. The molecule has 0 unspecified atom stereocenters. The normalized spacial score (nSPS) is 11.1. The Kier molecular flexibility index (Phi) is 8.76. The second-order valence-electron chi connectivity index (χ2n) is 9.92. The van der Waals surface area contributed by atoms with Crippen molar-refractivity contribution in [2.24, 2.45) is 5.10 Å². The van der Waals surface area contributed by atoms with E-state index in [1.54, 1.807) is 18.3 Å². The molecule has 6 nitrogen and oxygen atoms in total. The number of nitrogens with one attached hydrogen (secondary N) is 2. The van der Waals surface area contributed by atoms with Gasteiger partial charge >= 0.3 is 0 Å². The summed E-state index contributed by atoms with van der Waals surface area (Å²) in [6.45, 7) is 2.54. The average molecular weight is 695 g/mol. The summed E-state index contributed by atoms with van der Waals surface area (Å²) in [4.78, 5) is 17.4. The summed E-state index contributed by atoms with van der Waals surface area (Å²) >= 11 is 3.79. The van der Waals surface area contributed by atoms with E-state index in [9.17, 15) is 4.79 Å². The third kappa shape index (κ3) is 7.10. The first-order valence-corrected chi connectivity index (χ1v) is 15.6. The summed E-state index contributed by atoms with van der Waals surface area (Å²) in [5, 5.41) is 12.7. The Bertz CT molecular complexity index is 1910. The van der Waals surface area contributed by atoms with Crippen molar-refractivity contribution in [1.82, 2.24) is 10.4 Å². The maximum absolute atomic E-state index is 12.7. The zero-order valence-electron chi connectivity index (χ0n) is 23.3. The second-order valence-corrected chi connectivity index (χ2v) is 11.9. The SMILES string of the molecule is Cc1ccc(Nc2nc(-c3ccc(C(=O)N/N=C\c4ccc(OCc5cccc6ccccc56)c(I)c4)cc3)cs2)cc1. The molecule has 0 saturated heterocycles. The van der Waals surface area contributed by atoms with Gasteiger partial charge in [0.25, 0.3) is 5.91 Å². The van der Waals surface area contributed by atoms with E-state index in [1.807, 2.05) is 60.0 Å². The molecule has 43 heavy (non-hydrogen) atoms. The first-order valence-electron chi connectivity index (χ1n) is 13.6. The second kappa shape index (κ2) is 13.2. The molecule has 0 aliphatic heterocycles. The maximum atomic E-state index is 12.7. The minimum atomic E-state index is -0.285. The van der Waals surface area contributed by atoms with Gasteiger partial charge in [-0.2, -0.15) is 5.10 Å². The van der Waals surface area contributed by atoms with Crippen molar-refractivity contribution in [3.05, 3.63) is 140 Å². The maximum Gasteiger partial charge on any atom is 0.271 e. The van der Waals surface area contributed by atoms with E-state index in [0.29, 0.717) is 12.2 Å². The highest BCUT2D eigenvalue weighted by Gasteiger charge is 2.09. The Morgan fingerprint density at radius 2 is 1.74 bits per heavy atom. The van der Waals surface area contributed by atoms with Crippen molar-refractivity contribution >= 4 is 67.6 Å². The number of halogens is 1. The van der Waals surface area contributed by atoms with E-state index in [2.05, 4.69) is 92.8 Å². The van der Waals surface area contributed by atoms with Crippen molar-refractivity contribution in [2.45, 2.75) is 13.5 Å². The number of anilines is 2. The van der Waals surface area contributed by atoms with Crippen LogP contribution in [0.2, 0.25) is 0 Å². The number of carbonyl (C=O) groups is 1. The number of hydrazone groups is 1. The molecular formula is C35H27IN4O2S. The Morgan fingerprint density at radius 3 is 2.56 bits per heavy atom. The molecule has 1 aromatic heterocycles. The number of carbonyl (C=O) groups excluding carboxylic acids is 1. The summed E-state index contributed by atoms with van der Waals surface area (Å²) in [6, 6.07) is 35.9. The summed E-state index contributed by atoms with van der Waals surface area (Å²) in [7, 11) is 0. The van der Waals surface area contributed by atoms with Gasteiger partial charge < -0.3 is 10.1 Å². The molecule has 0 aliphatic carbocycles. The first kappa shape index (κ1) is 28.6. The number of rotatable bonds is 9. The predicted octanol–water partition coefficient (Wildman–Crippen LogP) is 8.96. The monoisotopic (exact) mass is 694 g/mol. The number of amides is 1. The van der Waals surface area contributed by atoms with Crippen LogP contribution in [0, 0.1) is 10.5 Å². The van der Waals surface area contributed by atoms with E-state index in [4.69, 9.17) is 4.74 Å². The zero-order chi connectivity index (χ0) is 29.6. The molecule has 0 aliphatic rings. The minimum absolute atomic E-state index is 0.285. The molecule has 0 spiro atoms. The lowest BCUT2D eigenvalue weighted by atomic mass is 10.1. The predicted molar refractivity (Wildman–Crippen MR) is 185 cm³/mol. The number of benzene rings is 5. The molecule has 8 heteroatoms. The van der Waals surface area contributed by atoms with Crippen molar-refractivity contribution in [1.29, 1.82) is 0 Å². The summed E-state index contributed by atoms with van der Waals surface area (Å²) < 4.78 is 7.09. The summed E-state index contributed by atoms with van der Waals surface area (Å²) in [5.41, 5.74) is 9.12. The minimum Gasteiger partial charge on any atom is -0.488 e. The number of hydrogen-bond acceptors (Lipinski definition) is 6. The Balaban J connectivity index is 1.03. The van der Waals surface area contributed by atoms with Crippen LogP contribution in [0.1, 0.15) is 27.0 Å². The van der Waals surface area contributed by atoms with Crippen LogP contribution in [0.4, 0.5) is 10.8 Å². The third-order valence-electron chi connectivity index (χ3n) is 6.85. The van der Waals surface area contributed by atoms with Crippen molar-refractivity contribution < 1.29 is 9.53 Å². The van der Waals surface area contributed by atoms with Crippen LogP contribution in [0.5, 0.6) is 5.75 Å². The quantitative estimate of drug-likeness (QED) is 0.0901. The molecule has 6 rings (SSSR count). The van der Waals surface area contributed by atoms with Crippen LogP contribution in [-0.4, -0.2) is 17.1 Å². The van der Waals surface area contributed by atoms with E-state index in [0.717, 1.165) is 42.5 Å². The smallest absolute Gasteiger partial charge is 0.271 e. The van der Waals surface area contributed by atoms with Gasteiger partial charge in [0.15, 0.2) is 5.13 Å². The molecule has 6 aromatic rings. The average Bonchev–Trinajstić information content (AvgIpc) is 3.50. The van der Waals surface area contributed by atoms with Crippen molar-refractivity contribution in [2.75, 3.05) is 5.32 Å². The van der Waals surface area contributed by atoms with Crippen LogP contribution >= 0.6 is 33.9 Å². The van der Waals surface area contributed by atoms with Crippen LogP contribution in [-0.2, 0) is 6.61 Å². The molecule has 0 bridgehead atoms. The van der Waals surface area contributed by atoms with E-state index in [-0.39, 0.29) is 5.91 Å². The zero-order valence-corrected chi connectivity index (χ0v) is 26.2. The van der Waals surface area contributed by atoms with E-state index < -0.39 is 0 Å². The lowest BCUT2D eigenvalue weighted by molar-refractivity contribution is 0.0955. The number of thiazole rings is 1. The molecule has 1 amide bonds. The van der Waals surface area contributed by atoms with Crippen LogP contribution in [0.25, 0.3) is 22.0 Å². The lowest BCUT2D eigenvalue weighted by Gasteiger charge is -2.11. The first-order chi connectivity index (χ1) is 21.0. The molecule has 1 heterocycles. The number of aromatic nitrogens is 1. The number of hydrogen-bond donors (Lipinski definition) is 2. The topological polar surface area (TPSA) is 75.6 Å². The molecule has 0 saturated carbocycles.